The van der Waals surface area contributed by atoms with Crippen LogP contribution >= 0.6 is 0 Å². The Kier molecular flexibility index (Phi) is 4.92. The number of carboxylic acids is 1. The topological polar surface area (TPSA) is 82.5 Å². The van der Waals surface area contributed by atoms with E-state index >= 15 is 0 Å². The van der Waals surface area contributed by atoms with Gasteiger partial charge in [0.15, 0.2) is 5.69 Å². The van der Waals surface area contributed by atoms with E-state index < -0.39 is 5.97 Å². The van der Waals surface area contributed by atoms with Gasteiger partial charge in [0.05, 0.1) is 0 Å². The molecule has 1 amide bonds. The molecule has 0 atom stereocenters. The lowest BCUT2D eigenvalue weighted by atomic mass is 10.1. The maximum Gasteiger partial charge on any atom is 0.354 e. The maximum absolute atomic E-state index is 11.6. The number of likely N-dealkylation sites (tertiary alicyclic amines) is 1. The molecule has 2 rings (SSSR count). The quantitative estimate of drug-likeness (QED) is 0.772. The van der Waals surface area contributed by atoms with Gasteiger partial charge in [-0.15, -0.1) is 0 Å². The summed E-state index contributed by atoms with van der Waals surface area (Å²) in [6.07, 6.45) is 3.57. The highest BCUT2D eigenvalue weighted by atomic mass is 16.4. The van der Waals surface area contributed by atoms with Crippen LogP contribution in [0.4, 0.5) is 5.82 Å². The fourth-order valence-electron chi connectivity index (χ4n) is 2.24. The maximum atomic E-state index is 11.6. The van der Waals surface area contributed by atoms with E-state index in [4.69, 9.17) is 5.11 Å². The number of hydrogen-bond donors (Lipinski definition) is 2. The van der Waals surface area contributed by atoms with Crippen molar-refractivity contribution in [3.05, 3.63) is 23.9 Å². The fraction of sp³-hybridized carbons (Fsp3) is 0.500. The first-order chi connectivity index (χ1) is 9.66. The van der Waals surface area contributed by atoms with Crippen LogP contribution in [-0.4, -0.2) is 46.5 Å². The van der Waals surface area contributed by atoms with Crippen molar-refractivity contribution in [2.75, 3.05) is 25.0 Å². The van der Waals surface area contributed by atoms with Gasteiger partial charge in [0.1, 0.15) is 5.82 Å². The molecule has 1 fully saturated rings. The molecule has 0 aliphatic carbocycles. The number of pyridine rings is 1. The van der Waals surface area contributed by atoms with Crippen molar-refractivity contribution in [2.45, 2.75) is 25.7 Å². The molecular weight excluding hydrogens is 258 g/mol. The van der Waals surface area contributed by atoms with Crippen LogP contribution in [0.3, 0.4) is 0 Å². The Morgan fingerprint density at radius 1 is 1.40 bits per heavy atom. The largest absolute Gasteiger partial charge is 0.477 e. The lowest BCUT2D eigenvalue weighted by molar-refractivity contribution is -0.133. The molecule has 0 spiro atoms. The normalized spacial score (nSPS) is 15.2. The molecule has 0 bridgehead atoms. The second kappa shape index (κ2) is 6.88. The zero-order valence-electron chi connectivity index (χ0n) is 11.3. The third-order valence-corrected chi connectivity index (χ3v) is 3.30. The van der Waals surface area contributed by atoms with Crippen molar-refractivity contribution in [1.29, 1.82) is 0 Å². The Morgan fingerprint density at radius 3 is 3.00 bits per heavy atom. The number of rotatable bonds is 6. The zero-order valence-corrected chi connectivity index (χ0v) is 11.3. The van der Waals surface area contributed by atoms with Crippen molar-refractivity contribution in [3.63, 3.8) is 0 Å². The number of anilines is 1. The summed E-state index contributed by atoms with van der Waals surface area (Å²) in [6, 6.07) is 4.85. The molecule has 20 heavy (non-hydrogen) atoms. The second-order valence-corrected chi connectivity index (χ2v) is 4.83. The third kappa shape index (κ3) is 3.94. The van der Waals surface area contributed by atoms with Crippen molar-refractivity contribution in [3.8, 4) is 0 Å². The van der Waals surface area contributed by atoms with Crippen molar-refractivity contribution in [2.24, 2.45) is 0 Å². The van der Waals surface area contributed by atoms with Crippen LogP contribution in [0.2, 0.25) is 0 Å². The predicted octanol–water partition coefficient (Wildman–Crippen LogP) is 1.59. The number of carbonyl (C=O) groups excluding carboxylic acids is 1. The number of amides is 1. The number of nitrogens with one attached hydrogen (secondary N) is 1. The molecule has 1 aromatic heterocycles. The van der Waals surface area contributed by atoms with E-state index in [1.165, 1.54) is 6.07 Å². The van der Waals surface area contributed by atoms with Crippen molar-refractivity contribution < 1.29 is 14.7 Å². The number of nitrogens with zero attached hydrogens (tertiary/aromatic N) is 2. The van der Waals surface area contributed by atoms with E-state index in [1.54, 1.807) is 12.1 Å². The first-order valence-electron chi connectivity index (χ1n) is 6.89. The summed E-state index contributed by atoms with van der Waals surface area (Å²) in [5, 5.41) is 11.9. The molecule has 0 aromatic carbocycles. The number of aromatic carboxylic acids is 1. The Morgan fingerprint density at radius 2 is 2.25 bits per heavy atom. The smallest absolute Gasteiger partial charge is 0.354 e. The molecule has 0 radical (unpaired) electrons. The number of carboxylic acid groups (broad SMARTS) is 1. The first kappa shape index (κ1) is 14.3. The monoisotopic (exact) mass is 277 g/mol. The van der Waals surface area contributed by atoms with Crippen LogP contribution in [0.25, 0.3) is 0 Å². The van der Waals surface area contributed by atoms with E-state index in [9.17, 15) is 9.59 Å². The summed E-state index contributed by atoms with van der Waals surface area (Å²) < 4.78 is 0. The lowest BCUT2D eigenvalue weighted by Gasteiger charge is -2.26. The summed E-state index contributed by atoms with van der Waals surface area (Å²) in [6.45, 7) is 2.26. The Labute approximate surface area is 117 Å². The average Bonchev–Trinajstić information content (AvgIpc) is 2.45. The van der Waals surface area contributed by atoms with Crippen LogP contribution in [0.5, 0.6) is 0 Å². The van der Waals surface area contributed by atoms with Crippen LogP contribution < -0.4 is 5.32 Å². The van der Waals surface area contributed by atoms with E-state index in [-0.39, 0.29) is 11.6 Å². The average molecular weight is 277 g/mol. The predicted molar refractivity (Wildman–Crippen MR) is 74.7 cm³/mol. The van der Waals surface area contributed by atoms with Crippen molar-refractivity contribution >= 4 is 17.7 Å². The van der Waals surface area contributed by atoms with E-state index in [2.05, 4.69) is 10.3 Å². The van der Waals surface area contributed by atoms with E-state index in [0.717, 1.165) is 32.4 Å². The molecule has 1 saturated heterocycles. The molecule has 1 aliphatic heterocycles. The van der Waals surface area contributed by atoms with Crippen LogP contribution in [0.1, 0.15) is 36.2 Å². The second-order valence-electron chi connectivity index (χ2n) is 4.83. The Balaban J connectivity index is 1.74. The Hall–Kier alpha value is -2.11. The molecule has 0 saturated carbocycles. The molecule has 6 nitrogen and oxygen atoms in total. The number of hydrogen-bond acceptors (Lipinski definition) is 4. The van der Waals surface area contributed by atoms with Crippen LogP contribution in [-0.2, 0) is 4.79 Å². The van der Waals surface area contributed by atoms with Gasteiger partial charge in [-0.2, -0.15) is 0 Å². The van der Waals surface area contributed by atoms with Gasteiger partial charge in [0, 0.05) is 26.1 Å². The highest BCUT2D eigenvalue weighted by molar-refractivity contribution is 5.85. The summed E-state index contributed by atoms with van der Waals surface area (Å²) in [4.78, 5) is 28.3. The van der Waals surface area contributed by atoms with Gasteiger partial charge in [-0.05, 0) is 31.4 Å². The number of piperidine rings is 1. The standard InChI is InChI=1S/C14H19N3O3/c18-13-7-1-2-9-17(13)10-4-8-15-12-6-3-5-11(16-12)14(19)20/h3,5-6H,1-2,4,7-10H2,(H,15,16)(H,19,20). The van der Waals surface area contributed by atoms with Gasteiger partial charge in [0.2, 0.25) is 5.91 Å². The molecule has 108 valence electrons. The molecular formula is C14H19N3O3. The highest BCUT2D eigenvalue weighted by Crippen LogP contribution is 2.11. The van der Waals surface area contributed by atoms with Gasteiger partial charge in [-0.1, -0.05) is 6.07 Å². The SMILES string of the molecule is O=C(O)c1cccc(NCCCN2CCCCC2=O)n1. The molecule has 0 unspecified atom stereocenters. The summed E-state index contributed by atoms with van der Waals surface area (Å²) in [7, 11) is 0. The third-order valence-electron chi connectivity index (χ3n) is 3.30. The van der Waals surface area contributed by atoms with Crippen LogP contribution in [0, 0.1) is 0 Å². The van der Waals surface area contributed by atoms with Gasteiger partial charge in [0.25, 0.3) is 0 Å². The van der Waals surface area contributed by atoms with Gasteiger partial charge < -0.3 is 15.3 Å². The lowest BCUT2D eigenvalue weighted by Crippen LogP contribution is -2.36. The summed E-state index contributed by atoms with van der Waals surface area (Å²) >= 11 is 0. The minimum atomic E-state index is -1.03. The van der Waals surface area contributed by atoms with Gasteiger partial charge >= 0.3 is 5.97 Å². The van der Waals surface area contributed by atoms with Crippen molar-refractivity contribution in [1.82, 2.24) is 9.88 Å². The van der Waals surface area contributed by atoms with Gasteiger partial charge in [-0.25, -0.2) is 9.78 Å². The van der Waals surface area contributed by atoms with E-state index in [0.29, 0.717) is 18.8 Å². The fourth-order valence-corrected chi connectivity index (χ4v) is 2.24. The Bertz CT molecular complexity index is 490. The first-order valence-corrected chi connectivity index (χ1v) is 6.89. The van der Waals surface area contributed by atoms with E-state index in [1.807, 2.05) is 4.90 Å². The van der Waals surface area contributed by atoms with Gasteiger partial charge in [-0.3, -0.25) is 4.79 Å². The molecule has 1 aromatic rings. The van der Waals surface area contributed by atoms with Crippen LogP contribution in [0.15, 0.2) is 18.2 Å². The minimum absolute atomic E-state index is 0.0289. The minimum Gasteiger partial charge on any atom is -0.477 e. The molecule has 1 aliphatic rings. The zero-order chi connectivity index (χ0) is 14.4. The molecule has 2 N–H and O–H groups in total. The summed E-state index contributed by atoms with van der Waals surface area (Å²) in [5.74, 6) is -0.246. The molecule has 2 heterocycles. The number of carbonyl (C=O) groups is 2. The summed E-state index contributed by atoms with van der Waals surface area (Å²) in [5.41, 5.74) is 0.0289. The number of aromatic nitrogens is 1. The highest BCUT2D eigenvalue weighted by Gasteiger charge is 2.16. The molecule has 6 heteroatoms.